The molecular weight excluding hydrogens is 462 g/mol. The highest BCUT2D eigenvalue weighted by molar-refractivity contribution is 7.88. The number of ether oxygens (including phenoxy) is 1. The molecule has 30 heavy (non-hydrogen) atoms. The Bertz CT molecular complexity index is 1120. The summed E-state index contributed by atoms with van der Waals surface area (Å²) in [6, 6.07) is 5.28. The first-order chi connectivity index (χ1) is 13.9. The zero-order chi connectivity index (χ0) is 22.3. The van der Waals surface area contributed by atoms with Gasteiger partial charge in [0.15, 0.2) is 4.80 Å². The van der Waals surface area contributed by atoms with Crippen molar-refractivity contribution in [2.45, 2.75) is 32.7 Å². The Kier molecular flexibility index (Phi) is 6.79. The highest BCUT2D eigenvalue weighted by Crippen LogP contribution is 2.27. The van der Waals surface area contributed by atoms with Crippen LogP contribution in [0.4, 0.5) is 0 Å². The van der Waals surface area contributed by atoms with Gasteiger partial charge in [-0.05, 0) is 23.6 Å². The van der Waals surface area contributed by atoms with Gasteiger partial charge < -0.3 is 9.30 Å². The summed E-state index contributed by atoms with van der Waals surface area (Å²) in [5.41, 5.74) is 0.637. The number of sulfonamides is 1. The van der Waals surface area contributed by atoms with Crippen LogP contribution in [0.25, 0.3) is 0 Å². The van der Waals surface area contributed by atoms with E-state index in [4.69, 9.17) is 33.5 Å². The van der Waals surface area contributed by atoms with Crippen LogP contribution < -0.4 is 9.54 Å². The Labute approximate surface area is 192 Å². The molecule has 1 saturated heterocycles. The summed E-state index contributed by atoms with van der Waals surface area (Å²) in [5, 5.41) is 0.563. The number of thiazole rings is 1. The van der Waals surface area contributed by atoms with Crippen LogP contribution in [-0.2, 0) is 22.0 Å². The lowest BCUT2D eigenvalue weighted by Gasteiger charge is -2.37. The fourth-order valence-electron chi connectivity index (χ4n) is 3.13. The SMILES string of the molecule is COc1ccc(Cl)cc1C(=S)/N=c1\sc(C(C)(C)C)cn1CC1CN(S(C)(=O)=O)C1. The molecule has 1 fully saturated rings. The number of thiocarbonyl (C=S) groups is 1. The van der Waals surface area contributed by atoms with Crippen molar-refractivity contribution in [1.29, 1.82) is 0 Å². The molecule has 0 atom stereocenters. The number of rotatable bonds is 5. The third kappa shape index (κ3) is 5.31. The minimum Gasteiger partial charge on any atom is -0.496 e. The van der Waals surface area contributed by atoms with Crippen LogP contribution in [0.1, 0.15) is 31.2 Å². The lowest BCUT2D eigenvalue weighted by Crippen LogP contribution is -2.51. The van der Waals surface area contributed by atoms with E-state index in [2.05, 4.69) is 31.5 Å². The van der Waals surface area contributed by atoms with E-state index in [1.165, 1.54) is 15.4 Å². The summed E-state index contributed by atoms with van der Waals surface area (Å²) in [6.45, 7) is 8.20. The fraction of sp³-hybridized carbons (Fsp3) is 0.500. The highest BCUT2D eigenvalue weighted by Gasteiger charge is 2.33. The van der Waals surface area contributed by atoms with Crippen LogP contribution in [0, 0.1) is 5.92 Å². The Morgan fingerprint density at radius 3 is 2.60 bits per heavy atom. The maximum absolute atomic E-state index is 11.7. The minimum atomic E-state index is -3.13. The van der Waals surface area contributed by atoms with Crippen molar-refractivity contribution >= 4 is 50.2 Å². The summed E-state index contributed by atoms with van der Waals surface area (Å²) in [6.07, 6.45) is 3.35. The van der Waals surface area contributed by atoms with Crippen molar-refractivity contribution in [1.82, 2.24) is 8.87 Å². The largest absolute Gasteiger partial charge is 0.496 e. The molecule has 0 bridgehead atoms. The van der Waals surface area contributed by atoms with Gasteiger partial charge in [0.25, 0.3) is 0 Å². The first-order valence-electron chi connectivity index (χ1n) is 9.47. The van der Waals surface area contributed by atoms with Crippen LogP contribution >= 0.6 is 35.2 Å². The summed E-state index contributed by atoms with van der Waals surface area (Å²) in [7, 11) is -1.54. The molecular formula is C20H26ClN3O3S3. The number of aromatic nitrogens is 1. The molecule has 6 nitrogen and oxygen atoms in total. The molecule has 0 spiro atoms. The number of benzene rings is 1. The molecule has 164 valence electrons. The van der Waals surface area contributed by atoms with Gasteiger partial charge in [0.1, 0.15) is 10.7 Å². The molecule has 1 aliphatic heterocycles. The van der Waals surface area contributed by atoms with E-state index < -0.39 is 10.0 Å². The van der Waals surface area contributed by atoms with Crippen molar-refractivity contribution in [2.75, 3.05) is 26.5 Å². The molecule has 0 radical (unpaired) electrons. The van der Waals surface area contributed by atoms with Gasteiger partial charge in [-0.3, -0.25) is 0 Å². The Hall–Kier alpha value is -1.26. The first-order valence-corrected chi connectivity index (χ1v) is 12.9. The maximum atomic E-state index is 11.7. The second-order valence-electron chi connectivity index (χ2n) is 8.49. The Morgan fingerprint density at radius 1 is 1.37 bits per heavy atom. The second kappa shape index (κ2) is 8.70. The predicted molar refractivity (Wildman–Crippen MR) is 126 cm³/mol. The minimum absolute atomic E-state index is 0.0338. The Balaban J connectivity index is 1.94. The van der Waals surface area contributed by atoms with Crippen molar-refractivity contribution < 1.29 is 13.2 Å². The van der Waals surface area contributed by atoms with Gasteiger partial charge in [0, 0.05) is 41.6 Å². The zero-order valence-corrected chi connectivity index (χ0v) is 20.9. The van der Waals surface area contributed by atoms with E-state index in [0.717, 1.165) is 4.80 Å². The molecule has 0 aliphatic carbocycles. The monoisotopic (exact) mass is 487 g/mol. The molecule has 1 aromatic heterocycles. The summed E-state index contributed by atoms with van der Waals surface area (Å²) in [4.78, 5) is 7.10. The van der Waals surface area contributed by atoms with Gasteiger partial charge in [0.05, 0.1) is 18.9 Å². The quantitative estimate of drug-likeness (QED) is 0.603. The van der Waals surface area contributed by atoms with Gasteiger partial charge in [0.2, 0.25) is 10.0 Å². The van der Waals surface area contributed by atoms with Crippen LogP contribution in [0.5, 0.6) is 5.75 Å². The van der Waals surface area contributed by atoms with E-state index in [0.29, 0.717) is 41.0 Å². The molecule has 0 unspecified atom stereocenters. The first kappa shape index (κ1) is 23.4. The number of hydrogen-bond donors (Lipinski definition) is 0. The average Bonchev–Trinajstić information content (AvgIpc) is 2.99. The van der Waals surface area contributed by atoms with Gasteiger partial charge in [-0.15, -0.1) is 11.3 Å². The molecule has 3 rings (SSSR count). The third-order valence-electron chi connectivity index (χ3n) is 4.90. The van der Waals surface area contributed by atoms with Gasteiger partial charge in [-0.25, -0.2) is 17.7 Å². The fourth-order valence-corrected chi connectivity index (χ4v) is 5.63. The van der Waals surface area contributed by atoms with E-state index in [9.17, 15) is 8.42 Å². The standard InChI is InChI=1S/C20H26ClN3O3S3/c1-20(2,3)17-12-23(9-13-10-24(11-13)30(5,25)26)19(29-17)22-18(28)15-8-14(21)6-7-16(15)27-4/h6-8,12-13H,9-11H2,1-5H3/b22-19-. The van der Waals surface area contributed by atoms with Crippen LogP contribution in [0.15, 0.2) is 29.4 Å². The summed E-state index contributed by atoms with van der Waals surface area (Å²) < 4.78 is 32.3. The van der Waals surface area contributed by atoms with E-state index in [1.54, 1.807) is 36.6 Å². The summed E-state index contributed by atoms with van der Waals surface area (Å²) in [5.74, 6) is 0.866. The topological polar surface area (TPSA) is 63.9 Å². The zero-order valence-electron chi connectivity index (χ0n) is 17.7. The van der Waals surface area contributed by atoms with E-state index in [1.807, 2.05) is 0 Å². The number of halogens is 1. The van der Waals surface area contributed by atoms with Crippen molar-refractivity contribution in [3.63, 3.8) is 0 Å². The van der Waals surface area contributed by atoms with Gasteiger partial charge in [-0.2, -0.15) is 0 Å². The smallest absolute Gasteiger partial charge is 0.211 e. The molecule has 0 amide bonds. The lowest BCUT2D eigenvalue weighted by atomic mass is 9.95. The lowest BCUT2D eigenvalue weighted by molar-refractivity contribution is 0.180. The summed E-state index contributed by atoms with van der Waals surface area (Å²) >= 11 is 13.3. The van der Waals surface area contributed by atoms with Gasteiger partial charge in [-0.1, -0.05) is 44.6 Å². The molecule has 2 heterocycles. The van der Waals surface area contributed by atoms with Crippen molar-refractivity contribution in [3.05, 3.63) is 44.7 Å². The van der Waals surface area contributed by atoms with Crippen LogP contribution in [-0.4, -0.2) is 48.7 Å². The number of hydrogen-bond acceptors (Lipinski definition) is 5. The molecule has 2 aromatic rings. The van der Waals surface area contributed by atoms with Crippen LogP contribution in [0.2, 0.25) is 5.02 Å². The molecule has 10 heteroatoms. The molecule has 1 aliphatic rings. The van der Waals surface area contributed by atoms with E-state index in [-0.39, 0.29) is 11.3 Å². The maximum Gasteiger partial charge on any atom is 0.211 e. The predicted octanol–water partition coefficient (Wildman–Crippen LogP) is 3.68. The number of nitrogens with zero attached hydrogens (tertiary/aromatic N) is 3. The van der Waals surface area contributed by atoms with Gasteiger partial charge >= 0.3 is 0 Å². The molecule has 0 saturated carbocycles. The van der Waals surface area contributed by atoms with E-state index >= 15 is 0 Å². The van der Waals surface area contributed by atoms with Crippen LogP contribution in [0.3, 0.4) is 0 Å². The molecule has 0 N–H and O–H groups in total. The number of methoxy groups -OCH3 is 1. The van der Waals surface area contributed by atoms with Crippen molar-refractivity contribution in [3.8, 4) is 5.75 Å². The normalized spacial score (nSPS) is 16.5. The average molecular weight is 488 g/mol. The Morgan fingerprint density at radius 2 is 2.03 bits per heavy atom. The molecule has 1 aromatic carbocycles. The van der Waals surface area contributed by atoms with Crippen molar-refractivity contribution in [2.24, 2.45) is 10.9 Å². The highest BCUT2D eigenvalue weighted by atomic mass is 35.5. The third-order valence-corrected chi connectivity index (χ3v) is 8.12. The second-order valence-corrected chi connectivity index (χ2v) is 12.3.